The Morgan fingerprint density at radius 1 is 1.37 bits per heavy atom. The molecule has 0 aliphatic rings. The molecule has 0 bridgehead atoms. The second kappa shape index (κ2) is 5.34. The maximum Gasteiger partial charge on any atom is 0.278 e. The third-order valence-corrected chi connectivity index (χ3v) is 2.59. The average molecular weight is 259 g/mol. The number of nitrogens with two attached hydrogens (primary N) is 1. The van der Waals surface area contributed by atoms with Gasteiger partial charge in [0.15, 0.2) is 0 Å². The molecule has 0 fully saturated rings. The third-order valence-electron chi connectivity index (χ3n) is 2.59. The Morgan fingerprint density at radius 3 is 2.79 bits per heavy atom. The van der Waals surface area contributed by atoms with Gasteiger partial charge in [0.25, 0.3) is 5.69 Å². The number of nitro groups is 1. The van der Waals surface area contributed by atoms with E-state index >= 15 is 0 Å². The first-order valence-corrected chi connectivity index (χ1v) is 5.78. The molecule has 6 heteroatoms. The van der Waals surface area contributed by atoms with Crippen LogP contribution in [0.3, 0.4) is 0 Å². The highest BCUT2D eigenvalue weighted by atomic mass is 16.6. The monoisotopic (exact) mass is 259 g/mol. The normalized spacial score (nSPS) is 10.2. The number of rotatable bonds is 4. The fourth-order valence-corrected chi connectivity index (χ4v) is 1.68. The average Bonchev–Trinajstić information content (AvgIpc) is 2.38. The zero-order chi connectivity index (χ0) is 13.8. The number of aromatic nitrogens is 1. The number of para-hydroxylation sites is 1. The molecule has 98 valence electrons. The van der Waals surface area contributed by atoms with E-state index in [4.69, 9.17) is 10.5 Å². The highest BCUT2D eigenvalue weighted by Gasteiger charge is 2.12. The van der Waals surface area contributed by atoms with Crippen LogP contribution < -0.4 is 10.5 Å². The minimum Gasteiger partial charge on any atom is -0.438 e. The molecule has 0 unspecified atom stereocenters. The van der Waals surface area contributed by atoms with Crippen LogP contribution in [0.25, 0.3) is 0 Å². The van der Waals surface area contributed by atoms with Crippen molar-refractivity contribution in [3.63, 3.8) is 0 Å². The molecular formula is C13H13N3O3. The molecule has 0 aliphatic heterocycles. The predicted octanol–water partition coefficient (Wildman–Crippen LogP) is 2.93. The zero-order valence-corrected chi connectivity index (χ0v) is 10.4. The molecule has 0 amide bonds. The molecule has 2 rings (SSSR count). The number of ether oxygens (including phenoxy) is 1. The van der Waals surface area contributed by atoms with Crippen LogP contribution >= 0.6 is 0 Å². The van der Waals surface area contributed by atoms with Crippen LogP contribution in [0.5, 0.6) is 11.6 Å². The van der Waals surface area contributed by atoms with Crippen LogP contribution in [0.15, 0.2) is 36.4 Å². The number of nitrogen functional groups attached to an aromatic ring is 1. The van der Waals surface area contributed by atoms with Gasteiger partial charge in [-0.15, -0.1) is 0 Å². The molecule has 1 heterocycles. The fraction of sp³-hybridized carbons (Fsp3) is 0.154. The van der Waals surface area contributed by atoms with Crippen LogP contribution in [0.1, 0.15) is 12.5 Å². The smallest absolute Gasteiger partial charge is 0.278 e. The van der Waals surface area contributed by atoms with Gasteiger partial charge in [0.05, 0.1) is 17.1 Å². The molecule has 0 aliphatic carbocycles. The lowest BCUT2D eigenvalue weighted by atomic mass is 10.1. The first-order valence-electron chi connectivity index (χ1n) is 5.78. The Morgan fingerprint density at radius 2 is 2.11 bits per heavy atom. The molecule has 6 nitrogen and oxygen atoms in total. The van der Waals surface area contributed by atoms with E-state index in [0.717, 1.165) is 12.0 Å². The Balaban J connectivity index is 2.35. The number of anilines is 1. The highest BCUT2D eigenvalue weighted by molar-refractivity contribution is 5.47. The molecule has 0 atom stereocenters. The van der Waals surface area contributed by atoms with Crippen LogP contribution in [0.4, 0.5) is 11.5 Å². The minimum absolute atomic E-state index is 0.0539. The molecule has 2 aromatic rings. The molecule has 0 radical (unpaired) electrons. The van der Waals surface area contributed by atoms with Crippen molar-refractivity contribution >= 4 is 11.5 Å². The van der Waals surface area contributed by atoms with Gasteiger partial charge < -0.3 is 10.5 Å². The van der Waals surface area contributed by atoms with Crippen molar-refractivity contribution < 1.29 is 9.66 Å². The summed E-state index contributed by atoms with van der Waals surface area (Å²) >= 11 is 0. The summed E-state index contributed by atoms with van der Waals surface area (Å²) in [6.45, 7) is 2.00. The van der Waals surface area contributed by atoms with Gasteiger partial charge in [0.2, 0.25) is 5.88 Å². The first kappa shape index (κ1) is 12.8. The van der Waals surface area contributed by atoms with Gasteiger partial charge in [-0.3, -0.25) is 10.1 Å². The van der Waals surface area contributed by atoms with Crippen molar-refractivity contribution in [3.8, 4) is 11.6 Å². The van der Waals surface area contributed by atoms with Crippen LogP contribution in [0.2, 0.25) is 0 Å². The maximum atomic E-state index is 10.7. The molecular weight excluding hydrogens is 246 g/mol. The third kappa shape index (κ3) is 2.98. The Hall–Kier alpha value is -2.63. The molecule has 19 heavy (non-hydrogen) atoms. The van der Waals surface area contributed by atoms with Gasteiger partial charge in [-0.05, 0) is 18.1 Å². The summed E-state index contributed by atoms with van der Waals surface area (Å²) in [6.07, 6.45) is 0.792. The summed E-state index contributed by atoms with van der Waals surface area (Å²) in [5.41, 5.74) is 6.38. The second-order valence-electron chi connectivity index (χ2n) is 3.91. The quantitative estimate of drug-likeness (QED) is 0.673. The molecule has 0 saturated heterocycles. The Kier molecular flexibility index (Phi) is 3.61. The topological polar surface area (TPSA) is 91.3 Å². The van der Waals surface area contributed by atoms with E-state index in [-0.39, 0.29) is 17.4 Å². The van der Waals surface area contributed by atoms with E-state index in [0.29, 0.717) is 5.75 Å². The molecule has 2 N–H and O–H groups in total. The fourth-order valence-electron chi connectivity index (χ4n) is 1.68. The van der Waals surface area contributed by atoms with Gasteiger partial charge in [-0.2, -0.15) is 4.98 Å². The molecule has 1 aromatic carbocycles. The van der Waals surface area contributed by atoms with Crippen molar-refractivity contribution in [1.82, 2.24) is 4.98 Å². The first-order chi connectivity index (χ1) is 9.10. The number of benzene rings is 1. The summed E-state index contributed by atoms with van der Waals surface area (Å²) in [4.78, 5) is 14.2. The largest absolute Gasteiger partial charge is 0.438 e. The van der Waals surface area contributed by atoms with E-state index in [1.807, 2.05) is 25.1 Å². The SMILES string of the molecule is CCc1ccccc1Oc1cc([N+](=O)[O-])cc(N)n1. The lowest BCUT2D eigenvalue weighted by Gasteiger charge is -2.09. The summed E-state index contributed by atoms with van der Waals surface area (Å²) < 4.78 is 5.58. The Labute approximate surface area is 110 Å². The zero-order valence-electron chi connectivity index (χ0n) is 10.4. The number of hydrogen-bond acceptors (Lipinski definition) is 5. The molecule has 1 aromatic heterocycles. The van der Waals surface area contributed by atoms with Crippen LogP contribution in [0, 0.1) is 10.1 Å². The van der Waals surface area contributed by atoms with Crippen molar-refractivity contribution in [2.24, 2.45) is 0 Å². The maximum absolute atomic E-state index is 10.7. The summed E-state index contributed by atoms with van der Waals surface area (Å²) in [5.74, 6) is 0.795. The lowest BCUT2D eigenvalue weighted by Crippen LogP contribution is -1.98. The van der Waals surface area contributed by atoms with Gasteiger partial charge in [-0.1, -0.05) is 25.1 Å². The predicted molar refractivity (Wildman–Crippen MR) is 71.2 cm³/mol. The number of nitrogens with zero attached hydrogens (tertiary/aromatic N) is 2. The lowest BCUT2D eigenvalue weighted by molar-refractivity contribution is -0.384. The van der Waals surface area contributed by atoms with Gasteiger partial charge in [0.1, 0.15) is 11.6 Å². The summed E-state index contributed by atoms with van der Waals surface area (Å²) in [5, 5.41) is 10.7. The van der Waals surface area contributed by atoms with Crippen molar-refractivity contribution in [1.29, 1.82) is 0 Å². The van der Waals surface area contributed by atoms with Gasteiger partial charge in [0, 0.05) is 0 Å². The highest BCUT2D eigenvalue weighted by Crippen LogP contribution is 2.27. The van der Waals surface area contributed by atoms with Crippen LogP contribution in [-0.4, -0.2) is 9.91 Å². The summed E-state index contributed by atoms with van der Waals surface area (Å²) in [7, 11) is 0. The standard InChI is InChI=1S/C13H13N3O3/c1-2-9-5-3-4-6-11(9)19-13-8-10(16(17)18)7-12(14)15-13/h3-8H,2H2,1H3,(H2,14,15). The summed E-state index contributed by atoms with van der Waals surface area (Å²) in [6, 6.07) is 9.89. The van der Waals surface area contributed by atoms with E-state index < -0.39 is 4.92 Å². The van der Waals surface area contributed by atoms with E-state index in [1.54, 1.807) is 6.07 Å². The van der Waals surface area contributed by atoms with E-state index in [9.17, 15) is 10.1 Å². The van der Waals surface area contributed by atoms with Gasteiger partial charge >= 0.3 is 0 Å². The molecule has 0 saturated carbocycles. The van der Waals surface area contributed by atoms with E-state index in [1.165, 1.54) is 12.1 Å². The minimum atomic E-state index is -0.531. The van der Waals surface area contributed by atoms with Crippen molar-refractivity contribution in [2.45, 2.75) is 13.3 Å². The van der Waals surface area contributed by atoms with Crippen LogP contribution in [-0.2, 0) is 6.42 Å². The van der Waals surface area contributed by atoms with Gasteiger partial charge in [-0.25, -0.2) is 0 Å². The number of hydrogen-bond donors (Lipinski definition) is 1. The number of pyridine rings is 1. The van der Waals surface area contributed by atoms with Crippen molar-refractivity contribution in [3.05, 3.63) is 52.1 Å². The van der Waals surface area contributed by atoms with Crippen molar-refractivity contribution in [2.75, 3.05) is 5.73 Å². The van der Waals surface area contributed by atoms with E-state index in [2.05, 4.69) is 4.98 Å². The second-order valence-corrected chi connectivity index (χ2v) is 3.91. The number of aryl methyl sites for hydroxylation is 1. The Bertz CT molecular complexity index is 614. The molecule has 0 spiro atoms.